The van der Waals surface area contributed by atoms with Crippen molar-refractivity contribution in [3.05, 3.63) is 193 Å². The molecular formula is C49H32N2O. The molecule has 2 heterocycles. The van der Waals surface area contributed by atoms with Gasteiger partial charge in [0.05, 0.1) is 22.1 Å². The second-order valence-electron chi connectivity index (χ2n) is 13.7. The molecule has 0 saturated carbocycles. The minimum atomic E-state index is 0.876. The summed E-state index contributed by atoms with van der Waals surface area (Å²) in [5.41, 5.74) is 16.5. The van der Waals surface area contributed by atoms with E-state index in [2.05, 4.69) is 185 Å². The van der Waals surface area contributed by atoms with Gasteiger partial charge < -0.3 is 13.9 Å². The Bertz CT molecular complexity index is 2990. The zero-order valence-electron chi connectivity index (χ0n) is 28.3. The molecule has 244 valence electrons. The zero-order valence-corrected chi connectivity index (χ0v) is 28.3. The lowest BCUT2D eigenvalue weighted by atomic mass is 9.98. The molecular weight excluding hydrogens is 633 g/mol. The monoisotopic (exact) mass is 664 g/mol. The fraction of sp³-hybridized carbons (Fsp3) is 0.0204. The van der Waals surface area contributed by atoms with Crippen LogP contribution in [0.15, 0.2) is 186 Å². The number of hydrogen-bond donors (Lipinski definition) is 0. The van der Waals surface area contributed by atoms with E-state index in [1.54, 1.807) is 0 Å². The summed E-state index contributed by atoms with van der Waals surface area (Å²) in [5, 5.41) is 4.65. The highest BCUT2D eigenvalue weighted by Gasteiger charge is 2.22. The lowest BCUT2D eigenvalue weighted by Crippen LogP contribution is -2.10. The fourth-order valence-electron chi connectivity index (χ4n) is 8.45. The molecule has 0 spiro atoms. The van der Waals surface area contributed by atoms with Crippen LogP contribution in [0, 0.1) is 0 Å². The number of aromatic nitrogens is 1. The zero-order chi connectivity index (χ0) is 34.2. The molecule has 11 rings (SSSR count). The van der Waals surface area contributed by atoms with Crippen LogP contribution in [0.3, 0.4) is 0 Å². The number of benzene rings is 8. The topological polar surface area (TPSA) is 21.3 Å². The average Bonchev–Trinajstić information content (AvgIpc) is 3.88. The Morgan fingerprint density at radius 1 is 0.442 bits per heavy atom. The van der Waals surface area contributed by atoms with Crippen LogP contribution in [0.25, 0.3) is 71.7 Å². The predicted molar refractivity (Wildman–Crippen MR) is 216 cm³/mol. The number of rotatable bonds is 5. The van der Waals surface area contributed by atoms with E-state index in [0.717, 1.165) is 51.1 Å². The lowest BCUT2D eigenvalue weighted by molar-refractivity contribution is 0.669. The SMILES string of the molecule is c1ccc(-n2c3ccccc3c3cc(N(c4ccc(-c5ccc6c(c5)Cc5ccccc5-6)cc4)c4cccc5oc6ccccc6c45)ccc32)cc1. The Labute approximate surface area is 301 Å². The molecule has 10 aromatic rings. The van der Waals surface area contributed by atoms with Gasteiger partial charge in [-0.25, -0.2) is 0 Å². The van der Waals surface area contributed by atoms with Crippen molar-refractivity contribution in [2.24, 2.45) is 0 Å². The van der Waals surface area contributed by atoms with Crippen LogP contribution in [-0.4, -0.2) is 4.57 Å². The van der Waals surface area contributed by atoms with Gasteiger partial charge in [0, 0.05) is 33.2 Å². The first kappa shape index (κ1) is 28.9. The van der Waals surface area contributed by atoms with Crippen LogP contribution in [0.1, 0.15) is 11.1 Å². The average molecular weight is 665 g/mol. The molecule has 2 aromatic heterocycles. The predicted octanol–water partition coefficient (Wildman–Crippen LogP) is 13.4. The van der Waals surface area contributed by atoms with E-state index in [-0.39, 0.29) is 0 Å². The number of hydrogen-bond acceptors (Lipinski definition) is 2. The van der Waals surface area contributed by atoms with E-state index < -0.39 is 0 Å². The van der Waals surface area contributed by atoms with Gasteiger partial charge in [-0.1, -0.05) is 115 Å². The normalized spacial score (nSPS) is 12.2. The Balaban J connectivity index is 1.09. The third-order valence-electron chi connectivity index (χ3n) is 10.8. The van der Waals surface area contributed by atoms with Crippen molar-refractivity contribution in [3.63, 3.8) is 0 Å². The highest BCUT2D eigenvalue weighted by atomic mass is 16.3. The third-order valence-corrected chi connectivity index (χ3v) is 10.8. The summed E-state index contributed by atoms with van der Waals surface area (Å²) < 4.78 is 8.77. The molecule has 3 heteroatoms. The van der Waals surface area contributed by atoms with Crippen molar-refractivity contribution in [1.82, 2.24) is 4.57 Å². The van der Waals surface area contributed by atoms with Gasteiger partial charge in [0.2, 0.25) is 0 Å². The van der Waals surface area contributed by atoms with Gasteiger partial charge in [0.15, 0.2) is 0 Å². The van der Waals surface area contributed by atoms with Crippen LogP contribution >= 0.6 is 0 Å². The van der Waals surface area contributed by atoms with Gasteiger partial charge in [0.1, 0.15) is 11.2 Å². The van der Waals surface area contributed by atoms with Gasteiger partial charge in [-0.15, -0.1) is 0 Å². The van der Waals surface area contributed by atoms with Crippen LogP contribution in [0.2, 0.25) is 0 Å². The lowest BCUT2D eigenvalue weighted by Gasteiger charge is -2.26. The maximum atomic E-state index is 6.40. The van der Waals surface area contributed by atoms with Crippen LogP contribution in [-0.2, 0) is 6.42 Å². The van der Waals surface area contributed by atoms with Crippen molar-refractivity contribution in [3.8, 4) is 27.9 Å². The van der Waals surface area contributed by atoms with Gasteiger partial charge in [-0.3, -0.25) is 0 Å². The smallest absolute Gasteiger partial charge is 0.137 e. The Kier molecular flexibility index (Phi) is 6.31. The molecule has 0 N–H and O–H groups in total. The molecule has 0 atom stereocenters. The van der Waals surface area contributed by atoms with Crippen molar-refractivity contribution in [2.45, 2.75) is 6.42 Å². The second kappa shape index (κ2) is 11.3. The Morgan fingerprint density at radius 2 is 1.13 bits per heavy atom. The van der Waals surface area contributed by atoms with Crippen LogP contribution in [0.5, 0.6) is 0 Å². The number of nitrogens with zero attached hydrogens (tertiary/aromatic N) is 2. The van der Waals surface area contributed by atoms with E-state index in [4.69, 9.17) is 4.42 Å². The maximum Gasteiger partial charge on any atom is 0.137 e. The van der Waals surface area contributed by atoms with E-state index in [1.807, 2.05) is 6.07 Å². The molecule has 0 aliphatic heterocycles. The number of anilines is 3. The Morgan fingerprint density at radius 3 is 2.04 bits per heavy atom. The summed E-state index contributed by atoms with van der Waals surface area (Å²) in [5.74, 6) is 0. The number of fused-ring (bicyclic) bond motifs is 9. The molecule has 0 amide bonds. The van der Waals surface area contributed by atoms with Crippen molar-refractivity contribution in [1.29, 1.82) is 0 Å². The van der Waals surface area contributed by atoms with E-state index >= 15 is 0 Å². The van der Waals surface area contributed by atoms with Crippen molar-refractivity contribution in [2.75, 3.05) is 4.90 Å². The van der Waals surface area contributed by atoms with Gasteiger partial charge in [-0.05, 0) is 107 Å². The minimum absolute atomic E-state index is 0.876. The largest absolute Gasteiger partial charge is 0.456 e. The number of para-hydroxylation sites is 3. The maximum absolute atomic E-state index is 6.40. The van der Waals surface area contributed by atoms with Gasteiger partial charge in [0.25, 0.3) is 0 Å². The Hall–Kier alpha value is -6.84. The van der Waals surface area contributed by atoms with Crippen LogP contribution in [0.4, 0.5) is 17.1 Å². The van der Waals surface area contributed by atoms with Crippen molar-refractivity contribution < 1.29 is 4.42 Å². The molecule has 0 fully saturated rings. The molecule has 0 unspecified atom stereocenters. The molecule has 0 bridgehead atoms. The standard InChI is InChI=1S/C49H32N2O/c1-2-12-36(13-3-1)51-44-17-8-6-15-41(44)43-31-38(26-28-45(43)51)50(46-18-10-20-48-49(46)42-16-7-9-19-47(42)52-48)37-24-21-32(22-25-37)33-23-27-40-35(29-33)30-34-11-4-5-14-39(34)40/h1-29,31H,30H2. The highest BCUT2D eigenvalue weighted by Crippen LogP contribution is 2.45. The molecule has 8 aromatic carbocycles. The molecule has 0 radical (unpaired) electrons. The fourth-order valence-corrected chi connectivity index (χ4v) is 8.45. The van der Waals surface area contributed by atoms with E-state index in [1.165, 1.54) is 55.2 Å². The number of furan rings is 1. The molecule has 3 nitrogen and oxygen atoms in total. The molecule has 1 aliphatic rings. The summed E-state index contributed by atoms with van der Waals surface area (Å²) in [6.07, 6.45) is 0.983. The summed E-state index contributed by atoms with van der Waals surface area (Å²) in [6.45, 7) is 0. The molecule has 1 aliphatic carbocycles. The summed E-state index contributed by atoms with van der Waals surface area (Å²) in [6, 6.07) is 65.7. The molecule has 0 saturated heterocycles. The summed E-state index contributed by atoms with van der Waals surface area (Å²) >= 11 is 0. The highest BCUT2D eigenvalue weighted by molar-refractivity contribution is 6.15. The first-order valence-electron chi connectivity index (χ1n) is 17.9. The quantitative estimate of drug-likeness (QED) is 0.183. The first-order valence-corrected chi connectivity index (χ1v) is 17.9. The second-order valence-corrected chi connectivity index (χ2v) is 13.7. The summed E-state index contributed by atoms with van der Waals surface area (Å²) in [4.78, 5) is 2.39. The molecule has 52 heavy (non-hydrogen) atoms. The van der Waals surface area contributed by atoms with E-state index in [9.17, 15) is 0 Å². The van der Waals surface area contributed by atoms with Gasteiger partial charge in [-0.2, -0.15) is 0 Å². The first-order chi connectivity index (χ1) is 25.8. The summed E-state index contributed by atoms with van der Waals surface area (Å²) in [7, 11) is 0. The van der Waals surface area contributed by atoms with Gasteiger partial charge >= 0.3 is 0 Å². The van der Waals surface area contributed by atoms with E-state index in [0.29, 0.717) is 0 Å². The van der Waals surface area contributed by atoms with Crippen LogP contribution < -0.4 is 4.90 Å². The van der Waals surface area contributed by atoms with Crippen molar-refractivity contribution >= 4 is 60.8 Å². The minimum Gasteiger partial charge on any atom is -0.456 e. The third kappa shape index (κ3) is 4.39.